The average Bonchev–Trinajstić information content (AvgIpc) is 2.38. The summed E-state index contributed by atoms with van der Waals surface area (Å²) in [6, 6.07) is 9.48. The molecule has 0 saturated heterocycles. The number of unbranched alkanes of at least 4 members (excludes halogenated alkanes) is 1. The molecule has 94 valence electrons. The molecule has 18 heavy (non-hydrogen) atoms. The Morgan fingerprint density at radius 1 is 1.44 bits per heavy atom. The van der Waals surface area contributed by atoms with Gasteiger partial charge in [0.05, 0.1) is 6.61 Å². The van der Waals surface area contributed by atoms with Crippen LogP contribution in [0.2, 0.25) is 0 Å². The molecule has 1 rings (SSSR count). The van der Waals surface area contributed by atoms with Gasteiger partial charge in [-0.05, 0) is 30.5 Å². The van der Waals surface area contributed by atoms with Crippen molar-refractivity contribution in [3.05, 3.63) is 41.0 Å². The Morgan fingerprint density at radius 3 is 2.78 bits per heavy atom. The van der Waals surface area contributed by atoms with Crippen LogP contribution in [0.15, 0.2) is 29.8 Å². The van der Waals surface area contributed by atoms with Gasteiger partial charge in [-0.1, -0.05) is 37.6 Å². The number of esters is 1. The van der Waals surface area contributed by atoms with E-state index in [1.54, 1.807) is 6.08 Å². The van der Waals surface area contributed by atoms with E-state index in [1.807, 2.05) is 44.2 Å². The second-order valence-electron chi connectivity index (χ2n) is 4.02. The molecule has 3 heteroatoms. The van der Waals surface area contributed by atoms with Crippen LogP contribution in [0.1, 0.15) is 30.9 Å². The summed E-state index contributed by atoms with van der Waals surface area (Å²) in [5, 5.41) is 8.99. The zero-order chi connectivity index (χ0) is 13.4. The summed E-state index contributed by atoms with van der Waals surface area (Å²) in [6.45, 7) is 4.31. The van der Waals surface area contributed by atoms with Gasteiger partial charge >= 0.3 is 5.97 Å². The summed E-state index contributed by atoms with van der Waals surface area (Å²) in [5.74, 6) is -0.547. The summed E-state index contributed by atoms with van der Waals surface area (Å²) in [7, 11) is 0. The van der Waals surface area contributed by atoms with Gasteiger partial charge in [0, 0.05) is 0 Å². The molecule has 0 radical (unpaired) electrons. The number of nitrogens with zero attached hydrogens (tertiary/aromatic N) is 1. The lowest BCUT2D eigenvalue weighted by molar-refractivity contribution is -0.138. The topological polar surface area (TPSA) is 50.1 Å². The summed E-state index contributed by atoms with van der Waals surface area (Å²) < 4.78 is 5.02. The van der Waals surface area contributed by atoms with E-state index in [0.717, 1.165) is 24.0 Å². The van der Waals surface area contributed by atoms with Crippen LogP contribution in [-0.2, 0) is 9.53 Å². The highest BCUT2D eigenvalue weighted by Gasteiger charge is 2.10. The van der Waals surface area contributed by atoms with Crippen molar-refractivity contribution in [2.75, 3.05) is 6.61 Å². The Hall–Kier alpha value is -2.08. The molecule has 0 aromatic heterocycles. The summed E-state index contributed by atoms with van der Waals surface area (Å²) in [4.78, 5) is 11.7. The minimum atomic E-state index is -0.547. The van der Waals surface area contributed by atoms with Crippen molar-refractivity contribution < 1.29 is 9.53 Å². The lowest BCUT2D eigenvalue weighted by Gasteiger charge is -2.03. The van der Waals surface area contributed by atoms with Crippen molar-refractivity contribution in [1.82, 2.24) is 0 Å². The first-order valence-electron chi connectivity index (χ1n) is 6.03. The number of benzene rings is 1. The first kappa shape index (κ1) is 14.0. The van der Waals surface area contributed by atoms with E-state index >= 15 is 0 Å². The van der Waals surface area contributed by atoms with Gasteiger partial charge < -0.3 is 4.74 Å². The molecule has 0 N–H and O–H groups in total. The van der Waals surface area contributed by atoms with Gasteiger partial charge in [-0.3, -0.25) is 0 Å². The number of carbonyl (C=O) groups excluding carboxylic acids is 1. The second-order valence-corrected chi connectivity index (χ2v) is 4.02. The van der Waals surface area contributed by atoms with Crippen LogP contribution in [0.5, 0.6) is 0 Å². The van der Waals surface area contributed by atoms with Crippen LogP contribution >= 0.6 is 0 Å². The highest BCUT2D eigenvalue weighted by Crippen LogP contribution is 2.12. The SMILES string of the molecule is CCCCOC(=O)C(C#N)=Cc1ccccc1C. The third kappa shape index (κ3) is 4.06. The smallest absolute Gasteiger partial charge is 0.348 e. The molecular weight excluding hydrogens is 226 g/mol. The molecule has 0 aliphatic heterocycles. The molecule has 0 bridgehead atoms. The fraction of sp³-hybridized carbons (Fsp3) is 0.333. The number of nitriles is 1. The summed E-state index contributed by atoms with van der Waals surface area (Å²) >= 11 is 0. The Bertz CT molecular complexity index is 484. The first-order valence-corrected chi connectivity index (χ1v) is 6.03. The van der Waals surface area contributed by atoms with Crippen LogP contribution in [0, 0.1) is 18.3 Å². The third-order valence-corrected chi connectivity index (χ3v) is 2.56. The zero-order valence-corrected chi connectivity index (χ0v) is 10.8. The van der Waals surface area contributed by atoms with Crippen LogP contribution in [0.25, 0.3) is 6.08 Å². The normalized spacial score (nSPS) is 10.8. The lowest BCUT2D eigenvalue weighted by atomic mass is 10.1. The predicted octanol–water partition coefficient (Wildman–Crippen LogP) is 3.25. The van der Waals surface area contributed by atoms with Gasteiger partial charge in [0.15, 0.2) is 0 Å². The van der Waals surface area contributed by atoms with Crippen LogP contribution < -0.4 is 0 Å². The minimum absolute atomic E-state index is 0.0420. The standard InChI is InChI=1S/C15H17NO2/c1-3-4-9-18-15(17)14(11-16)10-13-8-6-5-7-12(13)2/h5-8,10H,3-4,9H2,1-2H3. The lowest BCUT2D eigenvalue weighted by Crippen LogP contribution is -2.07. The molecular formula is C15H17NO2. The Labute approximate surface area is 108 Å². The van der Waals surface area contributed by atoms with Crippen molar-refractivity contribution in [2.45, 2.75) is 26.7 Å². The Kier molecular flexibility index (Phi) is 5.66. The van der Waals surface area contributed by atoms with E-state index in [-0.39, 0.29) is 5.57 Å². The molecule has 0 spiro atoms. The van der Waals surface area contributed by atoms with Gasteiger partial charge in [-0.2, -0.15) is 5.26 Å². The molecule has 3 nitrogen and oxygen atoms in total. The predicted molar refractivity (Wildman–Crippen MR) is 70.6 cm³/mol. The van der Waals surface area contributed by atoms with Crippen molar-refractivity contribution in [1.29, 1.82) is 5.26 Å². The second kappa shape index (κ2) is 7.29. The molecule has 1 aromatic rings. The van der Waals surface area contributed by atoms with E-state index in [4.69, 9.17) is 10.00 Å². The molecule has 0 fully saturated rings. The third-order valence-electron chi connectivity index (χ3n) is 2.56. The summed E-state index contributed by atoms with van der Waals surface area (Å²) in [5.41, 5.74) is 1.92. The number of ether oxygens (including phenoxy) is 1. The van der Waals surface area contributed by atoms with Gasteiger partial charge in [0.1, 0.15) is 11.6 Å². The minimum Gasteiger partial charge on any atom is -0.462 e. The van der Waals surface area contributed by atoms with E-state index in [9.17, 15) is 4.79 Å². The van der Waals surface area contributed by atoms with Gasteiger partial charge in [-0.25, -0.2) is 4.79 Å². The first-order chi connectivity index (χ1) is 8.69. The molecule has 0 atom stereocenters. The van der Waals surface area contributed by atoms with E-state index < -0.39 is 5.97 Å². The number of hydrogen-bond acceptors (Lipinski definition) is 3. The monoisotopic (exact) mass is 243 g/mol. The molecule has 1 aromatic carbocycles. The quantitative estimate of drug-likeness (QED) is 0.345. The maximum Gasteiger partial charge on any atom is 0.348 e. The largest absolute Gasteiger partial charge is 0.462 e. The van der Waals surface area contributed by atoms with E-state index in [2.05, 4.69) is 0 Å². The molecule has 0 unspecified atom stereocenters. The van der Waals surface area contributed by atoms with Gasteiger partial charge in [0.2, 0.25) is 0 Å². The van der Waals surface area contributed by atoms with Gasteiger partial charge in [-0.15, -0.1) is 0 Å². The van der Waals surface area contributed by atoms with E-state index in [1.165, 1.54) is 0 Å². The molecule has 0 aliphatic carbocycles. The van der Waals surface area contributed by atoms with E-state index in [0.29, 0.717) is 6.61 Å². The van der Waals surface area contributed by atoms with Crippen molar-refractivity contribution in [3.8, 4) is 6.07 Å². The molecule has 0 aliphatic rings. The Balaban J connectivity index is 2.81. The maximum absolute atomic E-state index is 11.7. The number of carbonyl (C=O) groups is 1. The van der Waals surface area contributed by atoms with Crippen molar-refractivity contribution in [2.24, 2.45) is 0 Å². The average molecular weight is 243 g/mol. The van der Waals surface area contributed by atoms with Crippen molar-refractivity contribution in [3.63, 3.8) is 0 Å². The van der Waals surface area contributed by atoms with Crippen molar-refractivity contribution >= 4 is 12.0 Å². The Morgan fingerprint density at radius 2 is 2.17 bits per heavy atom. The fourth-order valence-electron chi connectivity index (χ4n) is 1.43. The van der Waals surface area contributed by atoms with Gasteiger partial charge in [0.25, 0.3) is 0 Å². The fourth-order valence-corrected chi connectivity index (χ4v) is 1.43. The van der Waals surface area contributed by atoms with Crippen LogP contribution in [0.4, 0.5) is 0 Å². The summed E-state index contributed by atoms with van der Waals surface area (Å²) in [6.07, 6.45) is 3.34. The maximum atomic E-state index is 11.7. The highest BCUT2D eigenvalue weighted by molar-refractivity contribution is 5.98. The molecule has 0 amide bonds. The van der Waals surface area contributed by atoms with Crippen LogP contribution in [0.3, 0.4) is 0 Å². The van der Waals surface area contributed by atoms with Crippen LogP contribution in [-0.4, -0.2) is 12.6 Å². The zero-order valence-electron chi connectivity index (χ0n) is 10.8. The molecule has 0 saturated carbocycles. The highest BCUT2D eigenvalue weighted by atomic mass is 16.5. The molecule has 0 heterocycles. The number of hydrogen-bond donors (Lipinski definition) is 0. The number of aryl methyl sites for hydroxylation is 1. The number of rotatable bonds is 5.